The van der Waals surface area contributed by atoms with Gasteiger partial charge >= 0.3 is 0 Å². The second-order valence-corrected chi connectivity index (χ2v) is 6.64. The minimum absolute atomic E-state index is 0.0210. The normalized spacial score (nSPS) is 23.0. The molecule has 0 saturated heterocycles. The molecule has 3 heteroatoms. The van der Waals surface area contributed by atoms with Crippen molar-refractivity contribution in [3.63, 3.8) is 0 Å². The number of rotatable bonds is 7. The number of hydrogen-bond acceptors (Lipinski definition) is 3. The van der Waals surface area contributed by atoms with Crippen LogP contribution >= 0.6 is 0 Å². The van der Waals surface area contributed by atoms with Crippen LogP contribution in [-0.4, -0.2) is 31.7 Å². The second-order valence-electron chi connectivity index (χ2n) is 6.64. The summed E-state index contributed by atoms with van der Waals surface area (Å²) in [5, 5.41) is 0. The summed E-state index contributed by atoms with van der Waals surface area (Å²) in [4.78, 5) is 12.7. The molecule has 0 aromatic carbocycles. The number of hydrogen-bond donors (Lipinski definition) is 0. The van der Waals surface area contributed by atoms with Crippen molar-refractivity contribution in [3.8, 4) is 0 Å². The van der Waals surface area contributed by atoms with E-state index in [1.54, 1.807) is 7.11 Å². The Kier molecular flexibility index (Phi) is 6.00. The topological polar surface area (TPSA) is 35.5 Å². The van der Waals surface area contributed by atoms with Gasteiger partial charge in [-0.2, -0.15) is 0 Å². The van der Waals surface area contributed by atoms with E-state index >= 15 is 0 Å². The quantitative estimate of drug-likeness (QED) is 0.709. The summed E-state index contributed by atoms with van der Waals surface area (Å²) in [5.41, 5.74) is -0.186. The second kappa shape index (κ2) is 6.85. The molecular weight excluding hydrogens is 240 g/mol. The van der Waals surface area contributed by atoms with Crippen LogP contribution in [0.25, 0.3) is 0 Å². The zero-order valence-electron chi connectivity index (χ0n) is 13.3. The third-order valence-corrected chi connectivity index (χ3v) is 4.48. The smallest absolute Gasteiger partial charge is 0.167 e. The molecule has 1 fully saturated rings. The molecule has 19 heavy (non-hydrogen) atoms. The molecule has 0 spiro atoms. The Morgan fingerprint density at radius 2 is 1.79 bits per heavy atom. The largest absolute Gasteiger partial charge is 0.385 e. The highest BCUT2D eigenvalue weighted by Crippen LogP contribution is 2.43. The lowest BCUT2D eigenvalue weighted by molar-refractivity contribution is -0.156. The summed E-state index contributed by atoms with van der Waals surface area (Å²) in [6, 6.07) is 0. The number of carbonyl (C=O) groups is 1. The van der Waals surface area contributed by atoms with Crippen molar-refractivity contribution in [2.45, 2.75) is 65.4 Å². The summed E-state index contributed by atoms with van der Waals surface area (Å²) in [5.74, 6) is 0.301. The van der Waals surface area contributed by atoms with Gasteiger partial charge in [-0.15, -0.1) is 0 Å². The first-order valence-electron chi connectivity index (χ1n) is 7.54. The number of methoxy groups -OCH3 is 1. The summed E-state index contributed by atoms with van der Waals surface area (Å²) in [7, 11) is 1.68. The third-order valence-electron chi connectivity index (χ3n) is 4.48. The average molecular weight is 270 g/mol. The fraction of sp³-hybridized carbons (Fsp3) is 0.938. The SMILES string of the molecule is CCOC1(C(=O)C(C)CCOC)CCC(C)(C)CC1. The van der Waals surface area contributed by atoms with Gasteiger partial charge < -0.3 is 9.47 Å². The molecule has 0 aromatic heterocycles. The fourth-order valence-electron chi connectivity index (χ4n) is 2.94. The van der Waals surface area contributed by atoms with Gasteiger partial charge in [-0.1, -0.05) is 20.8 Å². The molecule has 0 radical (unpaired) electrons. The predicted molar refractivity (Wildman–Crippen MR) is 77.3 cm³/mol. The maximum atomic E-state index is 12.7. The highest BCUT2D eigenvalue weighted by Gasteiger charge is 2.45. The molecule has 1 saturated carbocycles. The number of Topliss-reactive ketones (excluding diaryl/α,β-unsaturated/α-hetero) is 1. The molecule has 0 bridgehead atoms. The molecule has 0 N–H and O–H groups in total. The number of ether oxygens (including phenoxy) is 2. The lowest BCUT2D eigenvalue weighted by Crippen LogP contribution is -2.48. The van der Waals surface area contributed by atoms with Gasteiger partial charge in [0.05, 0.1) is 0 Å². The lowest BCUT2D eigenvalue weighted by atomic mass is 9.68. The molecule has 3 nitrogen and oxygen atoms in total. The van der Waals surface area contributed by atoms with Crippen molar-refractivity contribution in [2.24, 2.45) is 11.3 Å². The highest BCUT2D eigenvalue weighted by atomic mass is 16.5. The first-order valence-corrected chi connectivity index (χ1v) is 7.54. The van der Waals surface area contributed by atoms with Crippen molar-refractivity contribution in [1.82, 2.24) is 0 Å². The summed E-state index contributed by atoms with van der Waals surface area (Å²) < 4.78 is 11.0. The zero-order chi connectivity index (χ0) is 14.5. The molecule has 1 aliphatic carbocycles. The molecule has 1 unspecified atom stereocenters. The number of ketones is 1. The monoisotopic (exact) mass is 270 g/mol. The van der Waals surface area contributed by atoms with Gasteiger partial charge in [0.2, 0.25) is 0 Å². The minimum Gasteiger partial charge on any atom is -0.385 e. The van der Waals surface area contributed by atoms with E-state index in [4.69, 9.17) is 9.47 Å². The third kappa shape index (κ3) is 4.28. The van der Waals surface area contributed by atoms with Gasteiger partial charge in [0.1, 0.15) is 5.60 Å². The van der Waals surface area contributed by atoms with Crippen LogP contribution in [0.2, 0.25) is 0 Å². The van der Waals surface area contributed by atoms with Gasteiger partial charge in [-0.25, -0.2) is 0 Å². The molecule has 0 aromatic rings. The van der Waals surface area contributed by atoms with Gasteiger partial charge in [-0.3, -0.25) is 4.79 Å². The minimum atomic E-state index is -0.530. The Morgan fingerprint density at radius 3 is 2.26 bits per heavy atom. The lowest BCUT2D eigenvalue weighted by Gasteiger charge is -2.43. The van der Waals surface area contributed by atoms with E-state index < -0.39 is 5.60 Å². The van der Waals surface area contributed by atoms with E-state index in [1.165, 1.54) is 0 Å². The van der Waals surface area contributed by atoms with Gasteiger partial charge in [0, 0.05) is 26.2 Å². The average Bonchev–Trinajstić information content (AvgIpc) is 2.38. The van der Waals surface area contributed by atoms with Crippen LogP contribution < -0.4 is 0 Å². The van der Waals surface area contributed by atoms with Crippen molar-refractivity contribution < 1.29 is 14.3 Å². The summed E-state index contributed by atoms with van der Waals surface area (Å²) in [6.07, 6.45) is 4.65. The van der Waals surface area contributed by atoms with E-state index in [0.29, 0.717) is 18.6 Å². The van der Waals surface area contributed by atoms with Crippen molar-refractivity contribution in [3.05, 3.63) is 0 Å². The molecule has 112 valence electrons. The Morgan fingerprint density at radius 1 is 1.21 bits per heavy atom. The van der Waals surface area contributed by atoms with Gasteiger partial charge in [0.15, 0.2) is 5.78 Å². The first-order chi connectivity index (χ1) is 8.87. The van der Waals surface area contributed by atoms with Crippen LogP contribution in [0.5, 0.6) is 0 Å². The van der Waals surface area contributed by atoms with E-state index in [2.05, 4.69) is 13.8 Å². The van der Waals surface area contributed by atoms with Gasteiger partial charge in [0.25, 0.3) is 0 Å². The molecule has 1 aliphatic rings. The molecule has 1 rings (SSSR count). The van der Waals surface area contributed by atoms with Crippen LogP contribution in [-0.2, 0) is 14.3 Å². The first kappa shape index (κ1) is 16.6. The summed E-state index contributed by atoms with van der Waals surface area (Å²) >= 11 is 0. The van der Waals surface area contributed by atoms with Crippen molar-refractivity contribution >= 4 is 5.78 Å². The fourth-order valence-corrected chi connectivity index (χ4v) is 2.94. The van der Waals surface area contributed by atoms with Gasteiger partial charge in [-0.05, 0) is 44.4 Å². The van der Waals surface area contributed by atoms with E-state index in [1.807, 2.05) is 13.8 Å². The Balaban J connectivity index is 2.73. The van der Waals surface area contributed by atoms with E-state index in [0.717, 1.165) is 32.1 Å². The highest BCUT2D eigenvalue weighted by molar-refractivity contribution is 5.89. The standard InChI is InChI=1S/C16H30O3/c1-6-19-16(10-8-15(3,4)9-11-16)14(17)13(2)7-12-18-5/h13H,6-12H2,1-5H3. The maximum Gasteiger partial charge on any atom is 0.167 e. The molecular formula is C16H30O3. The maximum absolute atomic E-state index is 12.7. The molecule has 0 amide bonds. The van der Waals surface area contributed by atoms with E-state index in [9.17, 15) is 4.79 Å². The number of carbonyl (C=O) groups excluding carboxylic acids is 1. The van der Waals surface area contributed by atoms with Crippen LogP contribution in [0, 0.1) is 11.3 Å². The molecule has 0 aliphatic heterocycles. The Labute approximate surface area is 118 Å². The Hall–Kier alpha value is -0.410. The van der Waals surface area contributed by atoms with Crippen LogP contribution in [0.3, 0.4) is 0 Å². The van der Waals surface area contributed by atoms with Crippen LogP contribution in [0.1, 0.15) is 59.8 Å². The zero-order valence-corrected chi connectivity index (χ0v) is 13.3. The van der Waals surface area contributed by atoms with E-state index in [-0.39, 0.29) is 11.7 Å². The predicted octanol–water partition coefficient (Wildman–Crippen LogP) is 3.60. The molecule has 1 atom stereocenters. The van der Waals surface area contributed by atoms with Crippen molar-refractivity contribution in [2.75, 3.05) is 20.3 Å². The van der Waals surface area contributed by atoms with Crippen LogP contribution in [0.15, 0.2) is 0 Å². The van der Waals surface area contributed by atoms with Crippen LogP contribution in [0.4, 0.5) is 0 Å². The van der Waals surface area contributed by atoms with Crippen molar-refractivity contribution in [1.29, 1.82) is 0 Å². The summed E-state index contributed by atoms with van der Waals surface area (Å²) in [6.45, 7) is 9.80. The Bertz CT molecular complexity index is 286. The molecule has 0 heterocycles.